The van der Waals surface area contributed by atoms with Crippen molar-refractivity contribution < 1.29 is 9.53 Å². The Hall–Kier alpha value is -0.530. The van der Waals surface area contributed by atoms with Gasteiger partial charge in [0.15, 0.2) is 0 Å². The number of carbonyl (C=O) groups is 1. The predicted molar refractivity (Wildman–Crippen MR) is 59.4 cm³/mol. The third-order valence-electron chi connectivity index (χ3n) is 4.10. The predicted octanol–water partition coefficient (Wildman–Crippen LogP) is 3.15. The summed E-state index contributed by atoms with van der Waals surface area (Å²) in [5, 5.41) is 0. The molecule has 0 aromatic carbocycles. The highest BCUT2D eigenvalue weighted by atomic mass is 16.5. The second kappa shape index (κ2) is 4.54. The molecule has 2 rings (SSSR count). The van der Waals surface area contributed by atoms with Gasteiger partial charge in [0, 0.05) is 6.92 Å². The lowest BCUT2D eigenvalue weighted by atomic mass is 9.66. The van der Waals surface area contributed by atoms with Gasteiger partial charge in [0.2, 0.25) is 0 Å². The van der Waals surface area contributed by atoms with Gasteiger partial charge < -0.3 is 4.74 Å². The van der Waals surface area contributed by atoms with E-state index in [4.69, 9.17) is 4.74 Å². The third-order valence-corrected chi connectivity index (χ3v) is 4.10. The number of carbonyl (C=O) groups excluding carboxylic acids is 1. The van der Waals surface area contributed by atoms with Crippen molar-refractivity contribution in [1.29, 1.82) is 0 Å². The van der Waals surface area contributed by atoms with E-state index in [1.807, 2.05) is 0 Å². The molecular formula is C13H22O2. The summed E-state index contributed by atoms with van der Waals surface area (Å²) in [4.78, 5) is 10.9. The van der Waals surface area contributed by atoms with Crippen LogP contribution in [0.3, 0.4) is 0 Å². The lowest BCUT2D eigenvalue weighted by molar-refractivity contribution is -0.150. The zero-order chi connectivity index (χ0) is 10.8. The number of hydrogen-bond acceptors (Lipinski definition) is 2. The van der Waals surface area contributed by atoms with Gasteiger partial charge in [0.25, 0.3) is 0 Å². The van der Waals surface area contributed by atoms with Gasteiger partial charge in [-0.3, -0.25) is 4.79 Å². The first-order valence-corrected chi connectivity index (χ1v) is 6.34. The Balaban J connectivity index is 1.90. The lowest BCUT2D eigenvalue weighted by Gasteiger charge is -2.41. The van der Waals surface area contributed by atoms with Crippen molar-refractivity contribution in [2.45, 2.75) is 58.5 Å². The maximum Gasteiger partial charge on any atom is 0.302 e. The van der Waals surface area contributed by atoms with Crippen LogP contribution in [0, 0.1) is 17.8 Å². The highest BCUT2D eigenvalue weighted by Gasteiger charge is 2.36. The van der Waals surface area contributed by atoms with Crippen LogP contribution in [0.5, 0.6) is 0 Å². The summed E-state index contributed by atoms with van der Waals surface area (Å²) in [5.41, 5.74) is 0. The van der Waals surface area contributed by atoms with E-state index in [1.54, 1.807) is 0 Å². The third kappa shape index (κ3) is 2.73. The fraction of sp³-hybridized carbons (Fsp3) is 0.923. The molecule has 2 unspecified atom stereocenters. The topological polar surface area (TPSA) is 26.3 Å². The second-order valence-electron chi connectivity index (χ2n) is 5.42. The standard InChI is InChI=1S/C13H22O2/c1-3-10-4-11-6-12(5-10)8-13(7-11)15-9(2)14/h10-13H,3-8H2,1-2H3. The van der Waals surface area contributed by atoms with Crippen molar-refractivity contribution in [1.82, 2.24) is 0 Å². The number of rotatable bonds is 2. The van der Waals surface area contributed by atoms with Gasteiger partial charge in [-0.05, 0) is 49.9 Å². The molecule has 2 heteroatoms. The highest BCUT2D eigenvalue weighted by molar-refractivity contribution is 5.66. The maximum atomic E-state index is 10.9. The van der Waals surface area contributed by atoms with E-state index in [0.717, 1.165) is 30.6 Å². The second-order valence-corrected chi connectivity index (χ2v) is 5.42. The van der Waals surface area contributed by atoms with Crippen LogP contribution in [0.25, 0.3) is 0 Å². The van der Waals surface area contributed by atoms with Crippen LogP contribution >= 0.6 is 0 Å². The summed E-state index contributed by atoms with van der Waals surface area (Å²) in [6, 6.07) is 0. The summed E-state index contributed by atoms with van der Waals surface area (Å²) in [6.45, 7) is 3.83. The zero-order valence-corrected chi connectivity index (χ0v) is 9.87. The van der Waals surface area contributed by atoms with E-state index in [9.17, 15) is 4.79 Å². The van der Waals surface area contributed by atoms with Gasteiger partial charge in [0.1, 0.15) is 6.10 Å². The fourth-order valence-corrected chi connectivity index (χ4v) is 3.59. The number of hydrogen-bond donors (Lipinski definition) is 0. The van der Waals surface area contributed by atoms with E-state index in [-0.39, 0.29) is 12.1 Å². The van der Waals surface area contributed by atoms with Crippen LogP contribution in [0.1, 0.15) is 52.4 Å². The molecule has 0 spiro atoms. The molecule has 0 saturated heterocycles. The Labute approximate surface area is 92.4 Å². The van der Waals surface area contributed by atoms with Crippen molar-refractivity contribution >= 4 is 5.97 Å². The maximum absolute atomic E-state index is 10.9. The molecule has 2 fully saturated rings. The Morgan fingerprint density at radius 1 is 1.13 bits per heavy atom. The quantitative estimate of drug-likeness (QED) is 0.654. The molecule has 0 heterocycles. The first kappa shape index (κ1) is 11.0. The Morgan fingerprint density at radius 2 is 1.73 bits per heavy atom. The van der Waals surface area contributed by atoms with Gasteiger partial charge >= 0.3 is 5.97 Å². The molecule has 0 aromatic rings. The van der Waals surface area contributed by atoms with Crippen molar-refractivity contribution in [3.63, 3.8) is 0 Å². The molecule has 15 heavy (non-hydrogen) atoms. The van der Waals surface area contributed by atoms with Crippen LogP contribution in [0.4, 0.5) is 0 Å². The Bertz CT molecular complexity index is 223. The van der Waals surface area contributed by atoms with Gasteiger partial charge in [-0.15, -0.1) is 0 Å². The largest absolute Gasteiger partial charge is 0.463 e. The first-order valence-electron chi connectivity index (χ1n) is 6.34. The van der Waals surface area contributed by atoms with Crippen molar-refractivity contribution in [2.75, 3.05) is 0 Å². The lowest BCUT2D eigenvalue weighted by Crippen LogP contribution is -2.35. The SMILES string of the molecule is CCC1CC2CC(C1)CC(OC(C)=O)C2. The van der Waals surface area contributed by atoms with Gasteiger partial charge in [-0.1, -0.05) is 13.3 Å². The summed E-state index contributed by atoms with van der Waals surface area (Å²) in [6.07, 6.45) is 7.90. The average molecular weight is 210 g/mol. The molecule has 0 N–H and O–H groups in total. The molecule has 0 aliphatic heterocycles. The first-order chi connectivity index (χ1) is 7.17. The molecular weight excluding hydrogens is 188 g/mol. The summed E-state index contributed by atoms with van der Waals surface area (Å²) < 4.78 is 5.36. The van der Waals surface area contributed by atoms with Crippen molar-refractivity contribution in [3.8, 4) is 0 Å². The number of ether oxygens (including phenoxy) is 1. The molecule has 2 atom stereocenters. The van der Waals surface area contributed by atoms with Crippen LogP contribution in [-0.4, -0.2) is 12.1 Å². The van der Waals surface area contributed by atoms with E-state index in [1.165, 1.54) is 32.6 Å². The van der Waals surface area contributed by atoms with Crippen molar-refractivity contribution in [2.24, 2.45) is 17.8 Å². The van der Waals surface area contributed by atoms with Crippen LogP contribution < -0.4 is 0 Å². The van der Waals surface area contributed by atoms with Crippen LogP contribution in [0.2, 0.25) is 0 Å². The zero-order valence-electron chi connectivity index (χ0n) is 9.87. The van der Waals surface area contributed by atoms with Crippen LogP contribution in [0.15, 0.2) is 0 Å². The summed E-state index contributed by atoms with van der Waals surface area (Å²) >= 11 is 0. The molecule has 2 aliphatic rings. The molecule has 0 amide bonds. The van der Waals surface area contributed by atoms with Crippen LogP contribution in [-0.2, 0) is 9.53 Å². The number of fused-ring (bicyclic) bond motifs is 2. The van der Waals surface area contributed by atoms with Gasteiger partial charge in [-0.25, -0.2) is 0 Å². The molecule has 0 radical (unpaired) electrons. The monoisotopic (exact) mass is 210 g/mol. The molecule has 2 bridgehead atoms. The molecule has 2 aliphatic carbocycles. The van der Waals surface area contributed by atoms with Gasteiger partial charge in [-0.2, -0.15) is 0 Å². The minimum absolute atomic E-state index is 0.105. The summed E-state index contributed by atoms with van der Waals surface area (Å²) in [7, 11) is 0. The van der Waals surface area contributed by atoms with Crippen molar-refractivity contribution in [3.05, 3.63) is 0 Å². The number of esters is 1. The normalized spacial score (nSPS) is 39.9. The Kier molecular flexibility index (Phi) is 3.32. The Morgan fingerprint density at radius 3 is 2.20 bits per heavy atom. The van der Waals surface area contributed by atoms with E-state index in [2.05, 4.69) is 6.92 Å². The smallest absolute Gasteiger partial charge is 0.302 e. The minimum atomic E-state index is -0.105. The van der Waals surface area contributed by atoms with E-state index >= 15 is 0 Å². The molecule has 86 valence electrons. The summed E-state index contributed by atoms with van der Waals surface area (Å²) in [5.74, 6) is 2.48. The minimum Gasteiger partial charge on any atom is -0.463 e. The van der Waals surface area contributed by atoms with E-state index < -0.39 is 0 Å². The fourth-order valence-electron chi connectivity index (χ4n) is 3.59. The molecule has 2 nitrogen and oxygen atoms in total. The molecule has 0 aromatic heterocycles. The highest BCUT2D eigenvalue weighted by Crippen LogP contribution is 2.44. The van der Waals surface area contributed by atoms with Gasteiger partial charge in [0.05, 0.1) is 0 Å². The average Bonchev–Trinajstić information content (AvgIpc) is 2.15. The van der Waals surface area contributed by atoms with E-state index in [0.29, 0.717) is 0 Å². The molecule has 2 saturated carbocycles.